The maximum Gasteiger partial charge on any atom is 0.142 e. The Morgan fingerprint density at radius 1 is 1.00 bits per heavy atom. The van der Waals surface area contributed by atoms with Crippen molar-refractivity contribution in [2.24, 2.45) is 0 Å². The largest absolute Gasteiger partial charge is 0.392 e. The van der Waals surface area contributed by atoms with Crippen LogP contribution in [0.5, 0.6) is 0 Å². The number of aliphatic hydroxyl groups excluding tert-OH is 1. The van der Waals surface area contributed by atoms with Crippen molar-refractivity contribution in [3.05, 3.63) is 24.3 Å². The average molecular weight is 226 g/mol. The lowest BCUT2D eigenvalue weighted by molar-refractivity contribution is -0.117. The lowest BCUT2D eigenvalue weighted by atomic mass is 10.3. The molecule has 0 aliphatic heterocycles. The molecule has 0 fully saturated rings. The van der Waals surface area contributed by atoms with E-state index in [2.05, 4.69) is 0 Å². The zero-order valence-electron chi connectivity index (χ0n) is 9.68. The topological polar surface area (TPSA) is 71.4 Å². The number of aliphatic hydroxyl groups is 1. The number of aldehydes is 1. The van der Waals surface area contributed by atoms with Gasteiger partial charge >= 0.3 is 0 Å². The van der Waals surface area contributed by atoms with E-state index in [-0.39, 0.29) is 18.2 Å². The fraction of sp³-hybridized carbons (Fsp3) is 0.417. The molecule has 90 valence electrons. The van der Waals surface area contributed by atoms with Gasteiger partial charge in [-0.05, 0) is 19.9 Å². The van der Waals surface area contributed by atoms with Crippen molar-refractivity contribution in [2.45, 2.75) is 26.7 Å². The molecule has 0 aliphatic rings. The molecule has 4 nitrogen and oxygen atoms in total. The minimum absolute atomic E-state index is 0.0211. The Kier molecular flexibility index (Phi) is 14.2. The molecule has 0 unspecified atom stereocenters. The van der Waals surface area contributed by atoms with E-state index >= 15 is 0 Å². The van der Waals surface area contributed by atoms with Gasteiger partial charge in [-0.2, -0.15) is 0 Å². The number of carbonyl (C=O) groups is 3. The van der Waals surface area contributed by atoms with Crippen LogP contribution in [0.15, 0.2) is 24.3 Å². The summed E-state index contributed by atoms with van der Waals surface area (Å²) in [4.78, 5) is 29.9. The molecule has 0 radical (unpaired) electrons. The summed E-state index contributed by atoms with van der Waals surface area (Å²) in [5.74, 6) is 0.192. The zero-order valence-corrected chi connectivity index (χ0v) is 9.68. The molecule has 1 N–H and O–H groups in total. The van der Waals surface area contributed by atoms with Crippen LogP contribution < -0.4 is 0 Å². The van der Waals surface area contributed by atoms with Crippen LogP contribution in [0.25, 0.3) is 0 Å². The first kappa shape index (κ1) is 16.9. The number of rotatable bonds is 6. The maximum absolute atomic E-state index is 10.2. The van der Waals surface area contributed by atoms with E-state index in [9.17, 15) is 14.4 Å². The van der Waals surface area contributed by atoms with Crippen molar-refractivity contribution < 1.29 is 19.5 Å². The standard InChI is InChI=1S/C6H10O2.C6H8O2/c2*1-6(8)4-2-3-5-7/h2-3,7H,4-5H2,1H3;2-3,5H,4H2,1H3. The summed E-state index contributed by atoms with van der Waals surface area (Å²) in [5, 5.41) is 8.18. The minimum Gasteiger partial charge on any atom is -0.392 e. The van der Waals surface area contributed by atoms with E-state index in [1.165, 1.54) is 26.0 Å². The third kappa shape index (κ3) is 22.9. The van der Waals surface area contributed by atoms with Gasteiger partial charge in [-0.1, -0.05) is 18.2 Å². The number of carbonyl (C=O) groups excluding carboxylic acids is 3. The van der Waals surface area contributed by atoms with Gasteiger partial charge in [0.1, 0.15) is 17.9 Å². The highest BCUT2D eigenvalue weighted by Gasteiger charge is 1.83. The molecule has 0 saturated carbocycles. The Labute approximate surface area is 95.7 Å². The minimum atomic E-state index is 0.0211. The van der Waals surface area contributed by atoms with Gasteiger partial charge in [0.05, 0.1) is 6.61 Å². The molecular formula is C12H18O4. The number of Topliss-reactive ketones (excluding diaryl/α,β-unsaturated/α-hetero) is 2. The van der Waals surface area contributed by atoms with Gasteiger partial charge in [-0.25, -0.2) is 0 Å². The normalized spacial score (nSPS) is 9.94. The van der Waals surface area contributed by atoms with Crippen molar-refractivity contribution in [1.82, 2.24) is 0 Å². The summed E-state index contributed by atoms with van der Waals surface area (Å²) in [5.41, 5.74) is 0. The van der Waals surface area contributed by atoms with Gasteiger partial charge in [0.25, 0.3) is 0 Å². The van der Waals surface area contributed by atoms with E-state index in [1.807, 2.05) is 0 Å². The molecule has 16 heavy (non-hydrogen) atoms. The van der Waals surface area contributed by atoms with Crippen LogP contribution in [0, 0.1) is 0 Å². The van der Waals surface area contributed by atoms with Crippen LogP contribution in [0.1, 0.15) is 26.7 Å². The number of ketones is 2. The molecule has 0 saturated heterocycles. The second-order valence-electron chi connectivity index (χ2n) is 3.03. The lowest BCUT2D eigenvalue weighted by Crippen LogP contribution is -1.84. The number of hydrogen-bond acceptors (Lipinski definition) is 4. The van der Waals surface area contributed by atoms with Crippen LogP contribution in [-0.4, -0.2) is 29.6 Å². The fourth-order valence-corrected chi connectivity index (χ4v) is 0.613. The van der Waals surface area contributed by atoms with Crippen molar-refractivity contribution in [1.29, 1.82) is 0 Å². The average Bonchev–Trinajstić information content (AvgIpc) is 2.18. The molecule has 4 heteroatoms. The predicted molar refractivity (Wildman–Crippen MR) is 62.0 cm³/mol. The van der Waals surface area contributed by atoms with Crippen molar-refractivity contribution in [3.63, 3.8) is 0 Å². The second-order valence-corrected chi connectivity index (χ2v) is 3.03. The van der Waals surface area contributed by atoms with Crippen molar-refractivity contribution >= 4 is 17.9 Å². The quantitative estimate of drug-likeness (QED) is 0.420. The van der Waals surface area contributed by atoms with Gasteiger partial charge in [-0.3, -0.25) is 14.4 Å². The Morgan fingerprint density at radius 2 is 1.50 bits per heavy atom. The van der Waals surface area contributed by atoms with Gasteiger partial charge in [0, 0.05) is 12.8 Å². The highest BCUT2D eigenvalue weighted by atomic mass is 16.2. The van der Waals surface area contributed by atoms with Crippen LogP contribution in [0.3, 0.4) is 0 Å². The van der Waals surface area contributed by atoms with E-state index in [1.54, 1.807) is 12.2 Å². The Balaban J connectivity index is 0. The molecule has 0 amide bonds. The molecule has 0 aromatic rings. The third-order valence-electron chi connectivity index (χ3n) is 1.30. The SMILES string of the molecule is CC(=O)CC=CC=O.CC(=O)CC=CCO. The first-order valence-electron chi connectivity index (χ1n) is 4.89. The number of allylic oxidation sites excluding steroid dienone is 3. The van der Waals surface area contributed by atoms with Gasteiger partial charge in [-0.15, -0.1) is 0 Å². The Bertz CT molecular complexity index is 264. The monoisotopic (exact) mass is 226 g/mol. The lowest BCUT2D eigenvalue weighted by Gasteiger charge is -1.80. The maximum atomic E-state index is 10.2. The third-order valence-corrected chi connectivity index (χ3v) is 1.30. The molecule has 0 aromatic carbocycles. The molecule has 0 heterocycles. The first-order valence-corrected chi connectivity index (χ1v) is 4.89. The molecule has 0 aromatic heterocycles. The molecule has 0 spiro atoms. The Morgan fingerprint density at radius 3 is 1.88 bits per heavy atom. The summed E-state index contributed by atoms with van der Waals surface area (Å²) in [6.45, 7) is 3.02. The summed E-state index contributed by atoms with van der Waals surface area (Å²) in [7, 11) is 0. The van der Waals surface area contributed by atoms with E-state index in [0.29, 0.717) is 19.1 Å². The highest BCUT2D eigenvalue weighted by Crippen LogP contribution is 1.82. The van der Waals surface area contributed by atoms with Gasteiger partial charge in [0.15, 0.2) is 0 Å². The van der Waals surface area contributed by atoms with E-state index in [0.717, 1.165) is 0 Å². The highest BCUT2D eigenvalue weighted by molar-refractivity contribution is 5.78. The zero-order chi connectivity index (χ0) is 12.8. The van der Waals surface area contributed by atoms with Crippen LogP contribution in [-0.2, 0) is 14.4 Å². The van der Waals surface area contributed by atoms with Gasteiger partial charge in [0.2, 0.25) is 0 Å². The smallest absolute Gasteiger partial charge is 0.142 e. The van der Waals surface area contributed by atoms with E-state index in [4.69, 9.17) is 5.11 Å². The summed E-state index contributed by atoms with van der Waals surface area (Å²) < 4.78 is 0. The van der Waals surface area contributed by atoms with Crippen molar-refractivity contribution in [2.75, 3.05) is 6.61 Å². The Hall–Kier alpha value is -1.55. The first-order chi connectivity index (χ1) is 7.54. The molecular weight excluding hydrogens is 208 g/mol. The van der Waals surface area contributed by atoms with Gasteiger partial charge < -0.3 is 5.11 Å². The van der Waals surface area contributed by atoms with Crippen LogP contribution in [0.2, 0.25) is 0 Å². The second kappa shape index (κ2) is 13.4. The molecule has 0 atom stereocenters. The summed E-state index contributed by atoms with van der Waals surface area (Å²) >= 11 is 0. The van der Waals surface area contributed by atoms with Crippen molar-refractivity contribution in [3.8, 4) is 0 Å². The predicted octanol–water partition coefficient (Wildman–Crippen LogP) is 1.23. The van der Waals surface area contributed by atoms with Crippen LogP contribution >= 0.6 is 0 Å². The number of hydrogen-bond donors (Lipinski definition) is 1. The summed E-state index contributed by atoms with van der Waals surface area (Å²) in [6, 6.07) is 0. The van der Waals surface area contributed by atoms with Crippen LogP contribution in [0.4, 0.5) is 0 Å². The molecule has 0 bridgehead atoms. The molecule has 0 rings (SSSR count). The fourth-order valence-electron chi connectivity index (χ4n) is 0.613. The molecule has 0 aliphatic carbocycles. The van der Waals surface area contributed by atoms with E-state index < -0.39 is 0 Å². The summed E-state index contributed by atoms with van der Waals surface area (Å²) in [6.07, 6.45) is 7.52.